The number of carbonyl (C=O) groups is 1. The highest BCUT2D eigenvalue weighted by atomic mass is 35.5. The predicted molar refractivity (Wildman–Crippen MR) is 75.8 cm³/mol. The normalized spacial score (nSPS) is 10.2. The Balaban J connectivity index is 1.94. The monoisotopic (exact) mass is 310 g/mol. The van der Waals surface area contributed by atoms with Gasteiger partial charge in [0.25, 0.3) is 0 Å². The number of aromatic carboxylic acids is 1. The Bertz CT molecular complexity index is 645. The Morgan fingerprint density at radius 2 is 1.67 bits per heavy atom. The highest BCUT2D eigenvalue weighted by Gasteiger charge is 2.16. The number of para-hydroxylation sites is 1. The average Bonchev–Trinajstić information content (AvgIpc) is 2.45. The van der Waals surface area contributed by atoms with Crippen LogP contribution in [-0.2, 0) is 0 Å². The Morgan fingerprint density at radius 1 is 1.05 bits per heavy atom. The minimum Gasteiger partial charge on any atom is -0.489 e. The van der Waals surface area contributed by atoms with E-state index in [0.29, 0.717) is 10.8 Å². The quantitative estimate of drug-likeness (QED) is 0.828. The number of carboxylic acid groups (broad SMARTS) is 1. The number of halogens is 2. The maximum atomic E-state index is 13.4. The van der Waals surface area contributed by atoms with Gasteiger partial charge in [-0.1, -0.05) is 29.8 Å². The molecule has 0 aromatic heterocycles. The van der Waals surface area contributed by atoms with E-state index in [4.69, 9.17) is 26.2 Å². The highest BCUT2D eigenvalue weighted by molar-refractivity contribution is 6.32. The van der Waals surface area contributed by atoms with Crippen LogP contribution < -0.4 is 9.47 Å². The van der Waals surface area contributed by atoms with Gasteiger partial charge in [0.1, 0.15) is 36.1 Å². The Labute approximate surface area is 125 Å². The van der Waals surface area contributed by atoms with E-state index in [1.54, 1.807) is 24.3 Å². The number of benzene rings is 2. The van der Waals surface area contributed by atoms with Gasteiger partial charge in [-0.3, -0.25) is 0 Å². The van der Waals surface area contributed by atoms with E-state index in [0.717, 1.165) is 6.07 Å². The third kappa shape index (κ3) is 3.86. The third-order valence-corrected chi connectivity index (χ3v) is 2.94. The smallest absolute Gasteiger partial charge is 0.342 e. The summed E-state index contributed by atoms with van der Waals surface area (Å²) in [6.07, 6.45) is 0. The molecule has 0 spiro atoms. The van der Waals surface area contributed by atoms with Crippen molar-refractivity contribution in [3.8, 4) is 11.5 Å². The summed E-state index contributed by atoms with van der Waals surface area (Å²) in [6, 6.07) is 10.8. The summed E-state index contributed by atoms with van der Waals surface area (Å²) in [7, 11) is 0. The van der Waals surface area contributed by atoms with E-state index < -0.39 is 17.3 Å². The third-order valence-electron chi connectivity index (χ3n) is 2.62. The van der Waals surface area contributed by atoms with Gasteiger partial charge in [-0.05, 0) is 24.3 Å². The second-order valence-corrected chi connectivity index (χ2v) is 4.45. The second kappa shape index (κ2) is 6.95. The van der Waals surface area contributed by atoms with Gasteiger partial charge in [-0.15, -0.1) is 0 Å². The van der Waals surface area contributed by atoms with E-state index in [-0.39, 0.29) is 19.0 Å². The summed E-state index contributed by atoms with van der Waals surface area (Å²) in [6.45, 7) is 0.217. The molecule has 0 aliphatic heterocycles. The number of hydrogen-bond donors (Lipinski definition) is 1. The van der Waals surface area contributed by atoms with Crippen LogP contribution in [0, 0.1) is 5.82 Å². The molecule has 0 radical (unpaired) electrons. The molecule has 0 bridgehead atoms. The fourth-order valence-corrected chi connectivity index (χ4v) is 1.89. The van der Waals surface area contributed by atoms with Crippen molar-refractivity contribution in [2.45, 2.75) is 0 Å². The summed E-state index contributed by atoms with van der Waals surface area (Å²) in [5, 5.41) is 9.42. The van der Waals surface area contributed by atoms with Crippen molar-refractivity contribution in [2.24, 2.45) is 0 Å². The molecule has 2 aromatic carbocycles. The first kappa shape index (κ1) is 15.1. The molecule has 110 valence electrons. The van der Waals surface area contributed by atoms with Crippen molar-refractivity contribution in [1.29, 1.82) is 0 Å². The molecule has 0 heterocycles. The molecule has 0 saturated carbocycles. The minimum absolute atomic E-state index is 0.0368. The van der Waals surface area contributed by atoms with Gasteiger partial charge in [0.2, 0.25) is 0 Å². The van der Waals surface area contributed by atoms with Crippen molar-refractivity contribution in [2.75, 3.05) is 13.2 Å². The first-order chi connectivity index (χ1) is 10.1. The van der Waals surface area contributed by atoms with Crippen molar-refractivity contribution >= 4 is 17.6 Å². The zero-order valence-corrected chi connectivity index (χ0v) is 11.6. The fraction of sp³-hybridized carbons (Fsp3) is 0.133. The molecular weight excluding hydrogens is 299 g/mol. The largest absolute Gasteiger partial charge is 0.489 e. The lowest BCUT2D eigenvalue weighted by Gasteiger charge is -2.11. The fourth-order valence-electron chi connectivity index (χ4n) is 1.70. The van der Waals surface area contributed by atoms with Crippen molar-refractivity contribution < 1.29 is 23.8 Å². The zero-order chi connectivity index (χ0) is 15.2. The molecule has 4 nitrogen and oxygen atoms in total. The predicted octanol–water partition coefficient (Wildman–Crippen LogP) is 3.64. The molecule has 2 aromatic rings. The maximum Gasteiger partial charge on any atom is 0.342 e. The number of ether oxygens (including phenoxy) is 2. The van der Waals surface area contributed by atoms with Crippen molar-refractivity contribution in [1.82, 2.24) is 0 Å². The van der Waals surface area contributed by atoms with Crippen LogP contribution >= 0.6 is 11.6 Å². The van der Waals surface area contributed by atoms with Crippen LogP contribution in [0.2, 0.25) is 5.02 Å². The van der Waals surface area contributed by atoms with Gasteiger partial charge < -0.3 is 14.6 Å². The standard InChI is InChI=1S/C15H12ClFO4/c16-10-4-1-2-6-12(10)20-8-9-21-13-7-3-5-11(17)14(13)15(18)19/h1-7H,8-9H2,(H,18,19). The SMILES string of the molecule is O=C(O)c1c(F)cccc1OCCOc1ccccc1Cl. The van der Waals surface area contributed by atoms with Crippen LogP contribution in [0.4, 0.5) is 4.39 Å². The van der Waals surface area contributed by atoms with Gasteiger partial charge >= 0.3 is 5.97 Å². The first-order valence-corrected chi connectivity index (χ1v) is 6.49. The van der Waals surface area contributed by atoms with Crippen molar-refractivity contribution in [3.05, 3.63) is 58.9 Å². The van der Waals surface area contributed by atoms with E-state index in [9.17, 15) is 9.18 Å². The Hall–Kier alpha value is -2.27. The van der Waals surface area contributed by atoms with Gasteiger partial charge in [0.05, 0.1) is 5.02 Å². The Kier molecular flexibility index (Phi) is 5.00. The van der Waals surface area contributed by atoms with Crippen LogP contribution in [0.25, 0.3) is 0 Å². The molecule has 0 amide bonds. The van der Waals surface area contributed by atoms with Crippen LogP contribution in [0.3, 0.4) is 0 Å². The first-order valence-electron chi connectivity index (χ1n) is 6.11. The van der Waals surface area contributed by atoms with Crippen LogP contribution in [0.15, 0.2) is 42.5 Å². The summed E-state index contributed by atoms with van der Waals surface area (Å²) >= 11 is 5.91. The number of carboxylic acids is 1. The van der Waals surface area contributed by atoms with E-state index in [1.807, 2.05) is 0 Å². The van der Waals surface area contributed by atoms with Crippen LogP contribution in [0.1, 0.15) is 10.4 Å². The lowest BCUT2D eigenvalue weighted by molar-refractivity contribution is 0.0685. The molecule has 21 heavy (non-hydrogen) atoms. The molecule has 0 aliphatic rings. The Morgan fingerprint density at radius 3 is 2.33 bits per heavy atom. The molecule has 6 heteroatoms. The topological polar surface area (TPSA) is 55.8 Å². The number of rotatable bonds is 6. The minimum atomic E-state index is -1.38. The maximum absolute atomic E-state index is 13.4. The van der Waals surface area contributed by atoms with Gasteiger partial charge in [0, 0.05) is 0 Å². The van der Waals surface area contributed by atoms with Crippen LogP contribution in [-0.4, -0.2) is 24.3 Å². The summed E-state index contributed by atoms with van der Waals surface area (Å²) < 4.78 is 24.1. The van der Waals surface area contributed by atoms with E-state index in [1.165, 1.54) is 12.1 Å². The van der Waals surface area contributed by atoms with E-state index >= 15 is 0 Å². The molecule has 0 fully saturated rings. The summed E-state index contributed by atoms with van der Waals surface area (Å²) in [5.41, 5.74) is -0.491. The second-order valence-electron chi connectivity index (χ2n) is 4.05. The van der Waals surface area contributed by atoms with Gasteiger partial charge in [0.15, 0.2) is 0 Å². The molecule has 0 saturated heterocycles. The highest BCUT2D eigenvalue weighted by Crippen LogP contribution is 2.24. The molecule has 2 rings (SSSR count). The van der Waals surface area contributed by atoms with E-state index in [2.05, 4.69) is 0 Å². The molecule has 0 atom stereocenters. The molecule has 0 aliphatic carbocycles. The summed E-state index contributed by atoms with van der Waals surface area (Å²) in [5.74, 6) is -1.76. The van der Waals surface area contributed by atoms with Crippen LogP contribution in [0.5, 0.6) is 11.5 Å². The lowest BCUT2D eigenvalue weighted by atomic mass is 10.2. The average molecular weight is 311 g/mol. The molecule has 0 unspecified atom stereocenters. The summed E-state index contributed by atoms with van der Waals surface area (Å²) in [4.78, 5) is 11.0. The lowest BCUT2D eigenvalue weighted by Crippen LogP contribution is -2.12. The number of hydrogen-bond acceptors (Lipinski definition) is 3. The molecular formula is C15H12ClFO4. The van der Waals surface area contributed by atoms with Gasteiger partial charge in [-0.25, -0.2) is 9.18 Å². The zero-order valence-electron chi connectivity index (χ0n) is 10.9. The van der Waals surface area contributed by atoms with Gasteiger partial charge in [-0.2, -0.15) is 0 Å². The molecule has 1 N–H and O–H groups in total. The van der Waals surface area contributed by atoms with Crippen molar-refractivity contribution in [3.63, 3.8) is 0 Å².